The maximum atomic E-state index is 11.5. The third kappa shape index (κ3) is 6.64. The van der Waals surface area contributed by atoms with Crippen LogP contribution in [0.15, 0.2) is 34.7 Å². The van der Waals surface area contributed by atoms with E-state index in [0.717, 1.165) is 12.1 Å². The lowest BCUT2D eigenvalue weighted by atomic mass is 10.1. The van der Waals surface area contributed by atoms with Gasteiger partial charge in [0.2, 0.25) is 5.13 Å². The summed E-state index contributed by atoms with van der Waals surface area (Å²) in [5.74, 6) is 2.20. The number of thioether (sulfide) groups is 1. The molecule has 0 spiro atoms. The fraction of sp³-hybridized carbons (Fsp3) is 0.421. The summed E-state index contributed by atoms with van der Waals surface area (Å²) in [7, 11) is 0. The Hall–Kier alpha value is -1.90. The zero-order chi connectivity index (χ0) is 18.9. The Morgan fingerprint density at radius 2 is 2.11 bits per heavy atom. The zero-order valence-corrected chi connectivity index (χ0v) is 17.0. The molecule has 0 atom stereocenters. The normalized spacial score (nSPS) is 15.1. The topological polar surface area (TPSA) is 66.8 Å². The molecule has 0 amide bonds. The number of ether oxygens (including phenoxy) is 1. The molecule has 2 heterocycles. The molecular formula is C19H24N4O2S2. The van der Waals surface area contributed by atoms with Gasteiger partial charge in [0.15, 0.2) is 0 Å². The number of hydrazone groups is 1. The number of carbonyl (C=O) groups is 1. The van der Waals surface area contributed by atoms with Crippen LogP contribution in [0.2, 0.25) is 0 Å². The average molecular weight is 405 g/mol. The van der Waals surface area contributed by atoms with E-state index in [0.29, 0.717) is 17.4 Å². The lowest BCUT2D eigenvalue weighted by molar-refractivity contribution is -0.142. The molecule has 1 aromatic heterocycles. The number of anilines is 1. The Labute approximate surface area is 168 Å². The Balaban J connectivity index is 1.46. The van der Waals surface area contributed by atoms with Gasteiger partial charge in [0.1, 0.15) is 0 Å². The predicted octanol–water partition coefficient (Wildman–Crippen LogP) is 3.24. The first kappa shape index (κ1) is 19.9. The van der Waals surface area contributed by atoms with Gasteiger partial charge in [-0.05, 0) is 18.1 Å². The number of hydrogen-bond donors (Lipinski definition) is 1. The van der Waals surface area contributed by atoms with Gasteiger partial charge in [-0.2, -0.15) is 16.9 Å². The van der Waals surface area contributed by atoms with E-state index in [-0.39, 0.29) is 12.4 Å². The number of thiazole rings is 1. The standard InChI is InChI=1S/C19H24N4O2S2/c1-2-25-18(24)11-17-14-27-19(21-17)22-20-12-15-3-5-16(6-4-15)13-23-7-9-26-10-8-23/h3-6,12,14H,2,7-11,13H2,1H3,(H,21,22). The minimum Gasteiger partial charge on any atom is -0.466 e. The van der Waals surface area contributed by atoms with Gasteiger partial charge < -0.3 is 4.74 Å². The molecule has 1 N–H and O–H groups in total. The van der Waals surface area contributed by atoms with Gasteiger partial charge in [-0.1, -0.05) is 24.3 Å². The van der Waals surface area contributed by atoms with Crippen LogP contribution in [0, 0.1) is 0 Å². The van der Waals surface area contributed by atoms with E-state index in [1.165, 1.54) is 41.5 Å². The molecule has 1 saturated heterocycles. The molecular weight excluding hydrogens is 380 g/mol. The molecule has 0 saturated carbocycles. The zero-order valence-electron chi connectivity index (χ0n) is 15.4. The van der Waals surface area contributed by atoms with Crippen LogP contribution in [0.1, 0.15) is 23.7 Å². The highest BCUT2D eigenvalue weighted by Crippen LogP contribution is 2.16. The highest BCUT2D eigenvalue weighted by molar-refractivity contribution is 7.99. The third-order valence-corrected chi connectivity index (χ3v) is 5.78. The SMILES string of the molecule is CCOC(=O)Cc1csc(NN=Cc2ccc(CN3CCSCC3)cc2)n1. The lowest BCUT2D eigenvalue weighted by Crippen LogP contribution is -2.31. The van der Waals surface area contributed by atoms with E-state index >= 15 is 0 Å². The fourth-order valence-corrected chi connectivity index (χ4v) is 4.33. The summed E-state index contributed by atoms with van der Waals surface area (Å²) < 4.78 is 4.92. The maximum absolute atomic E-state index is 11.5. The minimum absolute atomic E-state index is 0.187. The number of nitrogens with zero attached hydrogens (tertiary/aromatic N) is 3. The van der Waals surface area contributed by atoms with Crippen LogP contribution in [0.3, 0.4) is 0 Å². The van der Waals surface area contributed by atoms with Crippen molar-refractivity contribution in [3.63, 3.8) is 0 Å². The highest BCUT2D eigenvalue weighted by atomic mass is 32.2. The van der Waals surface area contributed by atoms with Crippen molar-refractivity contribution in [3.8, 4) is 0 Å². The summed E-state index contributed by atoms with van der Waals surface area (Å²) in [4.78, 5) is 18.3. The van der Waals surface area contributed by atoms with Crippen LogP contribution in [0.5, 0.6) is 0 Å². The molecule has 1 aromatic carbocycles. The Morgan fingerprint density at radius 1 is 1.33 bits per heavy atom. The summed E-state index contributed by atoms with van der Waals surface area (Å²) in [5.41, 5.74) is 5.97. The molecule has 8 heteroatoms. The van der Waals surface area contributed by atoms with Crippen LogP contribution in [-0.4, -0.2) is 53.3 Å². The smallest absolute Gasteiger partial charge is 0.311 e. The second kappa shape index (κ2) is 10.4. The van der Waals surface area contributed by atoms with Gasteiger partial charge in [0, 0.05) is 36.5 Å². The highest BCUT2D eigenvalue weighted by Gasteiger charge is 2.10. The van der Waals surface area contributed by atoms with E-state index in [4.69, 9.17) is 4.74 Å². The number of benzene rings is 1. The summed E-state index contributed by atoms with van der Waals surface area (Å²) in [6.45, 7) is 5.53. The van der Waals surface area contributed by atoms with Crippen LogP contribution < -0.4 is 5.43 Å². The summed E-state index contributed by atoms with van der Waals surface area (Å²) in [5, 5.41) is 6.72. The van der Waals surface area contributed by atoms with Crippen molar-refractivity contribution in [1.29, 1.82) is 0 Å². The summed E-state index contributed by atoms with van der Waals surface area (Å²) in [6.07, 6.45) is 1.96. The van der Waals surface area contributed by atoms with Gasteiger partial charge in [-0.25, -0.2) is 4.98 Å². The molecule has 2 aromatic rings. The van der Waals surface area contributed by atoms with E-state index in [1.54, 1.807) is 13.1 Å². The third-order valence-electron chi connectivity index (χ3n) is 4.05. The fourth-order valence-electron chi connectivity index (χ4n) is 2.69. The summed E-state index contributed by atoms with van der Waals surface area (Å²) >= 11 is 3.45. The molecule has 0 aliphatic carbocycles. The van der Waals surface area contributed by atoms with E-state index < -0.39 is 0 Å². The van der Waals surface area contributed by atoms with Crippen LogP contribution in [0.25, 0.3) is 0 Å². The van der Waals surface area contributed by atoms with Gasteiger partial charge >= 0.3 is 5.97 Å². The van der Waals surface area contributed by atoms with Crippen molar-refractivity contribution in [1.82, 2.24) is 9.88 Å². The van der Waals surface area contributed by atoms with Crippen molar-refractivity contribution in [3.05, 3.63) is 46.5 Å². The number of rotatable bonds is 8. The average Bonchev–Trinajstić information content (AvgIpc) is 3.11. The molecule has 0 unspecified atom stereocenters. The number of nitrogens with one attached hydrogen (secondary N) is 1. The van der Waals surface area contributed by atoms with Gasteiger partial charge in [-0.15, -0.1) is 11.3 Å². The number of carbonyl (C=O) groups excluding carboxylic acids is 1. The molecule has 0 radical (unpaired) electrons. The molecule has 1 aliphatic rings. The summed E-state index contributed by atoms with van der Waals surface area (Å²) in [6, 6.07) is 8.47. The van der Waals surface area contributed by atoms with E-state index in [9.17, 15) is 4.79 Å². The first-order valence-electron chi connectivity index (χ1n) is 9.01. The predicted molar refractivity (Wildman–Crippen MR) is 113 cm³/mol. The molecule has 1 fully saturated rings. The van der Waals surface area contributed by atoms with E-state index in [1.807, 2.05) is 17.1 Å². The van der Waals surface area contributed by atoms with E-state index in [2.05, 4.69) is 44.7 Å². The molecule has 1 aliphatic heterocycles. The lowest BCUT2D eigenvalue weighted by Gasteiger charge is -2.26. The van der Waals surface area contributed by atoms with Crippen molar-refractivity contribution in [2.45, 2.75) is 19.9 Å². The maximum Gasteiger partial charge on any atom is 0.311 e. The van der Waals surface area contributed by atoms with Gasteiger partial charge in [0.25, 0.3) is 0 Å². The van der Waals surface area contributed by atoms with Crippen molar-refractivity contribution < 1.29 is 9.53 Å². The number of esters is 1. The first-order chi connectivity index (χ1) is 13.2. The van der Waals surface area contributed by atoms with Crippen molar-refractivity contribution >= 4 is 40.4 Å². The van der Waals surface area contributed by atoms with Crippen LogP contribution in [-0.2, 0) is 22.5 Å². The molecule has 3 rings (SSSR count). The molecule has 6 nitrogen and oxygen atoms in total. The van der Waals surface area contributed by atoms with Gasteiger partial charge in [-0.3, -0.25) is 15.1 Å². The monoisotopic (exact) mass is 404 g/mol. The molecule has 27 heavy (non-hydrogen) atoms. The Bertz CT molecular complexity index is 755. The van der Waals surface area contributed by atoms with Crippen LogP contribution >= 0.6 is 23.1 Å². The van der Waals surface area contributed by atoms with Crippen molar-refractivity contribution in [2.75, 3.05) is 36.6 Å². The Kier molecular flexibility index (Phi) is 7.67. The first-order valence-corrected chi connectivity index (χ1v) is 11.0. The molecule has 144 valence electrons. The Morgan fingerprint density at radius 3 is 2.85 bits per heavy atom. The second-order valence-corrected chi connectivity index (χ2v) is 8.21. The van der Waals surface area contributed by atoms with Crippen LogP contribution in [0.4, 0.5) is 5.13 Å². The van der Waals surface area contributed by atoms with Gasteiger partial charge in [0.05, 0.1) is 24.9 Å². The number of hydrogen-bond acceptors (Lipinski definition) is 8. The quantitative estimate of drug-likeness (QED) is 0.414. The number of aromatic nitrogens is 1. The molecule has 0 bridgehead atoms. The van der Waals surface area contributed by atoms with Crippen molar-refractivity contribution in [2.24, 2.45) is 5.10 Å². The largest absolute Gasteiger partial charge is 0.466 e. The minimum atomic E-state index is -0.263. The second-order valence-electron chi connectivity index (χ2n) is 6.13.